The van der Waals surface area contributed by atoms with Crippen molar-refractivity contribution in [1.29, 1.82) is 0 Å². The summed E-state index contributed by atoms with van der Waals surface area (Å²) < 4.78 is 1.60. The number of nitrogens with zero attached hydrogens (tertiary/aromatic N) is 2. The van der Waals surface area contributed by atoms with Crippen LogP contribution in [-0.4, -0.2) is 34.6 Å². The van der Waals surface area contributed by atoms with Crippen LogP contribution in [-0.2, 0) is 24.2 Å². The van der Waals surface area contributed by atoms with E-state index in [0.29, 0.717) is 13.0 Å². The number of rotatable bonds is 4. The smallest absolute Gasteiger partial charge is 0.262 e. The Bertz CT molecular complexity index is 842. The molecule has 1 fully saturated rings. The topological polar surface area (TPSA) is 76.0 Å². The van der Waals surface area contributed by atoms with Crippen LogP contribution < -0.4 is 16.2 Å². The summed E-state index contributed by atoms with van der Waals surface area (Å²) in [4.78, 5) is 31.7. The molecule has 0 spiro atoms. The molecule has 6 nitrogen and oxygen atoms in total. The first-order chi connectivity index (χ1) is 12.2. The Hall–Kier alpha value is -1.44. The van der Waals surface area contributed by atoms with Crippen LogP contribution >= 0.6 is 23.7 Å². The van der Waals surface area contributed by atoms with E-state index in [9.17, 15) is 9.59 Å². The fourth-order valence-electron chi connectivity index (χ4n) is 3.84. The molecule has 2 aromatic heterocycles. The molecular formula is C18H25ClN4O2S. The van der Waals surface area contributed by atoms with E-state index in [1.54, 1.807) is 22.2 Å². The predicted octanol–water partition coefficient (Wildman–Crippen LogP) is 2.02. The molecule has 0 saturated carbocycles. The Labute approximate surface area is 162 Å². The summed E-state index contributed by atoms with van der Waals surface area (Å²) >= 11 is 1.66. The molecule has 4 rings (SSSR count). The molecule has 1 atom stereocenters. The standard InChI is InChI=1S/C18H24N4O2S.ClH/c23-15(21-12-4-3-8-19-10-12)7-9-22-11-20-17-16(18(22)24)13-5-1-2-6-14(13)25-17;/h11-12,19H,1-10H2,(H,21,23);1H. The lowest BCUT2D eigenvalue weighted by molar-refractivity contribution is -0.122. The van der Waals surface area contributed by atoms with E-state index in [-0.39, 0.29) is 29.9 Å². The van der Waals surface area contributed by atoms with E-state index in [4.69, 9.17) is 0 Å². The molecule has 2 aromatic rings. The maximum absolute atomic E-state index is 12.9. The molecule has 0 radical (unpaired) electrons. The number of nitrogens with one attached hydrogen (secondary N) is 2. The highest BCUT2D eigenvalue weighted by Gasteiger charge is 2.20. The van der Waals surface area contributed by atoms with Gasteiger partial charge in [-0.25, -0.2) is 4.98 Å². The van der Waals surface area contributed by atoms with Crippen molar-refractivity contribution in [3.8, 4) is 0 Å². The van der Waals surface area contributed by atoms with Gasteiger partial charge in [-0.3, -0.25) is 14.2 Å². The van der Waals surface area contributed by atoms with Gasteiger partial charge in [0.1, 0.15) is 4.83 Å². The lowest BCUT2D eigenvalue weighted by Crippen LogP contribution is -2.45. The van der Waals surface area contributed by atoms with Crippen LogP contribution in [0.15, 0.2) is 11.1 Å². The number of amides is 1. The van der Waals surface area contributed by atoms with Crippen molar-refractivity contribution in [3.05, 3.63) is 27.1 Å². The second kappa shape index (κ2) is 8.50. The highest BCUT2D eigenvalue weighted by atomic mass is 35.5. The predicted molar refractivity (Wildman–Crippen MR) is 106 cm³/mol. The van der Waals surface area contributed by atoms with Gasteiger partial charge in [-0.1, -0.05) is 0 Å². The van der Waals surface area contributed by atoms with Gasteiger partial charge in [0.15, 0.2) is 0 Å². The van der Waals surface area contributed by atoms with Crippen molar-refractivity contribution in [3.63, 3.8) is 0 Å². The zero-order valence-corrected chi connectivity index (χ0v) is 16.4. The van der Waals surface area contributed by atoms with Gasteiger partial charge in [-0.05, 0) is 50.6 Å². The van der Waals surface area contributed by atoms with Gasteiger partial charge < -0.3 is 10.6 Å². The zero-order valence-electron chi connectivity index (χ0n) is 14.8. The van der Waals surface area contributed by atoms with Gasteiger partial charge >= 0.3 is 0 Å². The van der Waals surface area contributed by atoms with Gasteiger partial charge in [0.05, 0.1) is 11.7 Å². The molecule has 142 valence electrons. The van der Waals surface area contributed by atoms with E-state index < -0.39 is 0 Å². The van der Waals surface area contributed by atoms with E-state index >= 15 is 0 Å². The number of fused-ring (bicyclic) bond motifs is 3. The Kier molecular flexibility index (Phi) is 6.32. The minimum absolute atomic E-state index is 0. The van der Waals surface area contributed by atoms with Gasteiger partial charge in [-0.2, -0.15) is 0 Å². The molecule has 1 aliphatic heterocycles. The molecule has 1 saturated heterocycles. The van der Waals surface area contributed by atoms with E-state index in [0.717, 1.165) is 55.4 Å². The molecule has 1 aliphatic carbocycles. The summed E-state index contributed by atoms with van der Waals surface area (Å²) in [5.74, 6) is 0.00745. The summed E-state index contributed by atoms with van der Waals surface area (Å²) in [6.07, 6.45) is 8.41. The van der Waals surface area contributed by atoms with Crippen LogP contribution in [0.25, 0.3) is 10.2 Å². The van der Waals surface area contributed by atoms with E-state index in [2.05, 4.69) is 15.6 Å². The number of thiophene rings is 1. The zero-order chi connectivity index (χ0) is 17.2. The number of piperidine rings is 1. The summed E-state index contributed by atoms with van der Waals surface area (Å²) in [5, 5.41) is 7.14. The number of aromatic nitrogens is 2. The Morgan fingerprint density at radius 2 is 2.19 bits per heavy atom. The maximum Gasteiger partial charge on any atom is 0.262 e. The van der Waals surface area contributed by atoms with Crippen molar-refractivity contribution in [2.75, 3.05) is 13.1 Å². The first kappa shape index (κ1) is 19.3. The molecule has 0 bridgehead atoms. The monoisotopic (exact) mass is 396 g/mol. The first-order valence-corrected chi connectivity index (χ1v) is 10.0. The van der Waals surface area contributed by atoms with Crippen molar-refractivity contribution in [2.45, 2.75) is 57.5 Å². The molecule has 1 amide bonds. The van der Waals surface area contributed by atoms with Crippen LogP contribution in [0.5, 0.6) is 0 Å². The molecule has 0 aromatic carbocycles. The van der Waals surface area contributed by atoms with Gasteiger partial charge in [0.2, 0.25) is 5.91 Å². The fourth-order valence-corrected chi connectivity index (χ4v) is 5.06. The largest absolute Gasteiger partial charge is 0.352 e. The summed E-state index contributed by atoms with van der Waals surface area (Å²) in [6.45, 7) is 2.25. The average molecular weight is 397 g/mol. The van der Waals surface area contributed by atoms with Gasteiger partial charge in [0.25, 0.3) is 5.56 Å². The maximum atomic E-state index is 12.9. The average Bonchev–Trinajstić information content (AvgIpc) is 3.01. The van der Waals surface area contributed by atoms with Crippen LogP contribution in [0.3, 0.4) is 0 Å². The normalized spacial score (nSPS) is 19.6. The highest BCUT2D eigenvalue weighted by molar-refractivity contribution is 7.18. The van der Waals surface area contributed by atoms with E-state index in [1.165, 1.54) is 16.9 Å². The Morgan fingerprint density at radius 1 is 1.35 bits per heavy atom. The Balaban J connectivity index is 0.00000196. The minimum Gasteiger partial charge on any atom is -0.352 e. The van der Waals surface area contributed by atoms with Crippen molar-refractivity contribution < 1.29 is 4.79 Å². The van der Waals surface area contributed by atoms with Crippen molar-refractivity contribution in [2.24, 2.45) is 0 Å². The summed E-state index contributed by atoms with van der Waals surface area (Å²) in [5.41, 5.74) is 1.22. The van der Waals surface area contributed by atoms with Crippen molar-refractivity contribution in [1.82, 2.24) is 20.2 Å². The quantitative estimate of drug-likeness (QED) is 0.828. The number of carbonyl (C=O) groups excluding carboxylic acids is 1. The van der Waals surface area contributed by atoms with Crippen LogP contribution in [0, 0.1) is 0 Å². The van der Waals surface area contributed by atoms with E-state index in [1.807, 2.05) is 0 Å². The molecular weight excluding hydrogens is 372 g/mol. The third kappa shape index (κ3) is 3.94. The molecule has 3 heterocycles. The third-order valence-electron chi connectivity index (χ3n) is 5.18. The number of aryl methyl sites for hydroxylation is 3. The minimum atomic E-state index is 0. The first-order valence-electron chi connectivity index (χ1n) is 9.22. The SMILES string of the molecule is Cl.O=C(CCn1cnc2sc3c(c2c1=O)CCCC3)NC1CCCNC1. The molecule has 1 unspecified atom stereocenters. The second-order valence-electron chi connectivity index (χ2n) is 6.99. The van der Waals surface area contributed by atoms with Crippen molar-refractivity contribution >= 4 is 39.9 Å². The number of halogens is 1. The number of carbonyl (C=O) groups is 1. The molecule has 2 N–H and O–H groups in total. The van der Waals surface area contributed by atoms with Crippen LogP contribution in [0.1, 0.15) is 42.5 Å². The van der Waals surface area contributed by atoms with Gasteiger partial charge in [0, 0.05) is 30.4 Å². The number of hydrogen-bond donors (Lipinski definition) is 2. The lowest BCUT2D eigenvalue weighted by Gasteiger charge is -2.23. The Morgan fingerprint density at radius 3 is 3.00 bits per heavy atom. The summed E-state index contributed by atoms with van der Waals surface area (Å²) in [7, 11) is 0. The second-order valence-corrected chi connectivity index (χ2v) is 8.08. The number of hydrogen-bond acceptors (Lipinski definition) is 5. The van der Waals surface area contributed by atoms with Crippen LogP contribution in [0.2, 0.25) is 0 Å². The lowest BCUT2D eigenvalue weighted by atomic mass is 9.97. The molecule has 26 heavy (non-hydrogen) atoms. The third-order valence-corrected chi connectivity index (χ3v) is 6.38. The van der Waals surface area contributed by atoms with Crippen LogP contribution in [0.4, 0.5) is 0 Å². The van der Waals surface area contributed by atoms with Gasteiger partial charge in [-0.15, -0.1) is 23.7 Å². The summed E-state index contributed by atoms with van der Waals surface area (Å²) in [6, 6.07) is 0.211. The fraction of sp³-hybridized carbons (Fsp3) is 0.611. The highest BCUT2D eigenvalue weighted by Crippen LogP contribution is 2.33. The molecule has 8 heteroatoms. The molecule has 2 aliphatic rings.